The number of benzene rings is 1. The average Bonchev–Trinajstić information content (AvgIpc) is 2.66. The molecule has 0 radical (unpaired) electrons. The summed E-state index contributed by atoms with van der Waals surface area (Å²) in [6.07, 6.45) is 3.49. The highest BCUT2D eigenvalue weighted by Gasteiger charge is 2.08. The zero-order valence-electron chi connectivity index (χ0n) is 9.18. The highest BCUT2D eigenvalue weighted by atomic mass is 19.1. The Morgan fingerprint density at radius 2 is 2.12 bits per heavy atom. The van der Waals surface area contributed by atoms with E-state index in [0.29, 0.717) is 5.56 Å². The average molecular weight is 220 g/mol. The van der Waals surface area contributed by atoms with E-state index in [0.717, 1.165) is 11.6 Å². The first kappa shape index (κ1) is 10.7. The van der Waals surface area contributed by atoms with E-state index in [-0.39, 0.29) is 11.8 Å². The van der Waals surface area contributed by atoms with Gasteiger partial charge in [-0.1, -0.05) is 0 Å². The Labute approximate surface area is 93.2 Å². The quantitative estimate of drug-likeness (QED) is 0.844. The third kappa shape index (κ3) is 1.91. The molecule has 2 aromatic rings. The molecule has 0 aliphatic heterocycles. The molecule has 0 bridgehead atoms. The summed E-state index contributed by atoms with van der Waals surface area (Å²) in [7, 11) is 0. The summed E-state index contributed by atoms with van der Waals surface area (Å²) in [5.74, 6) is -0.513. The summed E-state index contributed by atoms with van der Waals surface area (Å²) in [4.78, 5) is 0. The van der Waals surface area contributed by atoms with Crippen LogP contribution in [-0.2, 0) is 0 Å². The Bertz CT molecular complexity index is 505. The molecule has 0 amide bonds. The molecule has 0 saturated carbocycles. The Balaban J connectivity index is 2.42. The maximum absolute atomic E-state index is 12.8. The van der Waals surface area contributed by atoms with Gasteiger partial charge in [-0.3, -0.25) is 4.68 Å². The summed E-state index contributed by atoms with van der Waals surface area (Å²) in [6.45, 7) is 4.03. The van der Waals surface area contributed by atoms with E-state index >= 15 is 0 Å². The van der Waals surface area contributed by atoms with Gasteiger partial charge in [0.15, 0.2) is 0 Å². The lowest BCUT2D eigenvalue weighted by atomic mass is 10.1. The van der Waals surface area contributed by atoms with Crippen LogP contribution < -0.4 is 0 Å². The highest BCUT2D eigenvalue weighted by molar-refractivity contribution is 5.68. The van der Waals surface area contributed by atoms with Crippen molar-refractivity contribution < 1.29 is 9.50 Å². The van der Waals surface area contributed by atoms with Gasteiger partial charge in [0, 0.05) is 29.4 Å². The first-order chi connectivity index (χ1) is 7.58. The van der Waals surface area contributed by atoms with E-state index in [2.05, 4.69) is 5.10 Å². The number of hydrogen-bond acceptors (Lipinski definition) is 2. The molecule has 0 saturated heterocycles. The lowest BCUT2D eigenvalue weighted by Gasteiger charge is -2.04. The van der Waals surface area contributed by atoms with E-state index in [1.165, 1.54) is 6.07 Å². The van der Waals surface area contributed by atoms with Crippen molar-refractivity contribution >= 4 is 0 Å². The first-order valence-electron chi connectivity index (χ1n) is 5.11. The summed E-state index contributed by atoms with van der Waals surface area (Å²) < 4.78 is 14.6. The van der Waals surface area contributed by atoms with Crippen LogP contribution in [-0.4, -0.2) is 14.9 Å². The van der Waals surface area contributed by atoms with E-state index in [4.69, 9.17) is 0 Å². The molecule has 0 spiro atoms. The van der Waals surface area contributed by atoms with Crippen LogP contribution in [0.1, 0.15) is 19.9 Å². The van der Waals surface area contributed by atoms with E-state index in [1.54, 1.807) is 16.9 Å². The van der Waals surface area contributed by atoms with Crippen molar-refractivity contribution in [2.45, 2.75) is 19.9 Å². The van der Waals surface area contributed by atoms with Crippen LogP contribution in [0.15, 0.2) is 30.6 Å². The molecule has 1 aromatic heterocycles. The van der Waals surface area contributed by atoms with Crippen molar-refractivity contribution in [1.29, 1.82) is 0 Å². The van der Waals surface area contributed by atoms with Crippen LogP contribution in [0.25, 0.3) is 11.1 Å². The molecule has 0 aliphatic rings. The van der Waals surface area contributed by atoms with Gasteiger partial charge < -0.3 is 5.11 Å². The third-order valence-corrected chi connectivity index (χ3v) is 2.40. The monoisotopic (exact) mass is 220 g/mol. The molecular weight excluding hydrogens is 207 g/mol. The summed E-state index contributed by atoms with van der Waals surface area (Å²) in [5, 5.41) is 13.8. The van der Waals surface area contributed by atoms with Gasteiger partial charge in [-0.25, -0.2) is 4.39 Å². The number of phenolic OH excluding ortho intramolecular Hbond substituents is 1. The topological polar surface area (TPSA) is 38.0 Å². The fourth-order valence-corrected chi connectivity index (χ4v) is 1.51. The van der Waals surface area contributed by atoms with Crippen LogP contribution in [0, 0.1) is 5.82 Å². The maximum atomic E-state index is 12.8. The van der Waals surface area contributed by atoms with Crippen LogP contribution in [0.2, 0.25) is 0 Å². The normalized spacial score (nSPS) is 11.0. The second-order valence-electron chi connectivity index (χ2n) is 3.96. The zero-order chi connectivity index (χ0) is 11.7. The molecule has 1 heterocycles. The number of halogens is 1. The van der Waals surface area contributed by atoms with E-state index < -0.39 is 5.82 Å². The van der Waals surface area contributed by atoms with Crippen molar-refractivity contribution in [3.8, 4) is 16.9 Å². The fraction of sp³-hybridized carbons (Fsp3) is 0.250. The minimum absolute atomic E-state index is 0.0664. The van der Waals surface area contributed by atoms with Gasteiger partial charge in [-0.15, -0.1) is 0 Å². The van der Waals surface area contributed by atoms with Gasteiger partial charge in [-0.05, 0) is 26.0 Å². The number of nitrogens with zero attached hydrogens (tertiary/aromatic N) is 2. The van der Waals surface area contributed by atoms with E-state index in [9.17, 15) is 9.50 Å². The molecule has 84 valence electrons. The molecule has 1 N–H and O–H groups in total. The minimum Gasteiger partial charge on any atom is -0.507 e. The Morgan fingerprint density at radius 1 is 1.38 bits per heavy atom. The Hall–Kier alpha value is -1.84. The number of phenols is 1. The minimum atomic E-state index is -0.447. The van der Waals surface area contributed by atoms with Crippen molar-refractivity contribution in [3.63, 3.8) is 0 Å². The lowest BCUT2D eigenvalue weighted by Crippen LogP contribution is -1.99. The molecule has 0 atom stereocenters. The van der Waals surface area contributed by atoms with Crippen LogP contribution in [0.5, 0.6) is 5.75 Å². The summed E-state index contributed by atoms with van der Waals surface area (Å²) >= 11 is 0. The van der Waals surface area contributed by atoms with Gasteiger partial charge in [0.05, 0.1) is 6.20 Å². The molecule has 1 aromatic carbocycles. The van der Waals surface area contributed by atoms with Gasteiger partial charge in [0.1, 0.15) is 11.6 Å². The van der Waals surface area contributed by atoms with Crippen molar-refractivity contribution in [1.82, 2.24) is 9.78 Å². The predicted octanol–water partition coefficient (Wildman–Crippen LogP) is 2.98. The predicted molar refractivity (Wildman–Crippen MR) is 59.7 cm³/mol. The maximum Gasteiger partial charge on any atom is 0.126 e. The molecule has 0 aliphatic carbocycles. The van der Waals surface area contributed by atoms with E-state index in [1.807, 2.05) is 20.0 Å². The molecular formula is C12H13FN2O. The second kappa shape index (κ2) is 3.96. The molecule has 2 rings (SSSR count). The third-order valence-electron chi connectivity index (χ3n) is 2.40. The zero-order valence-corrected chi connectivity index (χ0v) is 9.18. The van der Waals surface area contributed by atoms with Crippen molar-refractivity contribution in [2.24, 2.45) is 0 Å². The van der Waals surface area contributed by atoms with Gasteiger partial charge in [0.2, 0.25) is 0 Å². The largest absolute Gasteiger partial charge is 0.507 e. The molecule has 0 fully saturated rings. The highest BCUT2D eigenvalue weighted by Crippen LogP contribution is 2.29. The smallest absolute Gasteiger partial charge is 0.126 e. The lowest BCUT2D eigenvalue weighted by molar-refractivity contribution is 0.471. The van der Waals surface area contributed by atoms with Crippen LogP contribution in [0.4, 0.5) is 4.39 Å². The Morgan fingerprint density at radius 3 is 2.69 bits per heavy atom. The molecule has 3 nitrogen and oxygen atoms in total. The number of aromatic hydroxyl groups is 1. The first-order valence-corrected chi connectivity index (χ1v) is 5.11. The Kier molecular flexibility index (Phi) is 2.64. The summed E-state index contributed by atoms with van der Waals surface area (Å²) in [6, 6.07) is 4.23. The number of rotatable bonds is 2. The number of hydrogen-bond donors (Lipinski definition) is 1. The standard InChI is InChI=1S/C12H13FN2O/c1-8(2)15-7-9(6-14-15)11-4-3-10(13)5-12(11)16/h3-8,16H,1-2H3. The van der Waals surface area contributed by atoms with Crippen molar-refractivity contribution in [3.05, 3.63) is 36.4 Å². The van der Waals surface area contributed by atoms with Crippen LogP contribution in [0.3, 0.4) is 0 Å². The van der Waals surface area contributed by atoms with Gasteiger partial charge in [0.25, 0.3) is 0 Å². The molecule has 16 heavy (non-hydrogen) atoms. The molecule has 0 unspecified atom stereocenters. The fourth-order valence-electron chi connectivity index (χ4n) is 1.51. The SMILES string of the molecule is CC(C)n1cc(-c2ccc(F)cc2O)cn1. The van der Waals surface area contributed by atoms with Crippen molar-refractivity contribution in [2.75, 3.05) is 0 Å². The van der Waals surface area contributed by atoms with Gasteiger partial charge in [-0.2, -0.15) is 5.10 Å². The molecule has 4 heteroatoms. The van der Waals surface area contributed by atoms with Crippen LogP contribution >= 0.6 is 0 Å². The number of aromatic nitrogens is 2. The second-order valence-corrected chi connectivity index (χ2v) is 3.96. The summed E-state index contributed by atoms with van der Waals surface area (Å²) in [5.41, 5.74) is 1.37. The van der Waals surface area contributed by atoms with Gasteiger partial charge >= 0.3 is 0 Å².